The summed E-state index contributed by atoms with van der Waals surface area (Å²) < 4.78 is 74.2. The van der Waals surface area contributed by atoms with Gasteiger partial charge in [-0.3, -0.25) is 0 Å². The molecule has 0 spiro atoms. The predicted molar refractivity (Wildman–Crippen MR) is 55.4 cm³/mol. The molecular formula is C10H8ClF6NO. The quantitative estimate of drug-likeness (QED) is 0.824. The van der Waals surface area contributed by atoms with Crippen molar-refractivity contribution in [2.75, 3.05) is 0 Å². The zero-order valence-corrected chi connectivity index (χ0v) is 9.81. The summed E-state index contributed by atoms with van der Waals surface area (Å²) in [5.41, 5.74) is 3.29. The minimum atomic E-state index is -5.03. The Morgan fingerprint density at radius 3 is 2.05 bits per heavy atom. The second-order valence-corrected chi connectivity index (χ2v) is 4.16. The van der Waals surface area contributed by atoms with Crippen LogP contribution in [0.5, 0.6) is 0 Å². The van der Waals surface area contributed by atoms with Crippen molar-refractivity contribution in [3.8, 4) is 0 Å². The third-order valence-electron chi connectivity index (χ3n) is 2.36. The molecule has 0 saturated carbocycles. The summed E-state index contributed by atoms with van der Waals surface area (Å²) >= 11 is 5.31. The summed E-state index contributed by atoms with van der Waals surface area (Å²) in [6.45, 7) is 0. The van der Waals surface area contributed by atoms with Gasteiger partial charge in [0.15, 0.2) is 6.10 Å². The first kappa shape index (κ1) is 16.1. The Balaban J connectivity index is 3.16. The Morgan fingerprint density at radius 2 is 1.63 bits per heavy atom. The van der Waals surface area contributed by atoms with Gasteiger partial charge in [-0.15, -0.1) is 0 Å². The number of hydrogen-bond donors (Lipinski definition) is 2. The van der Waals surface area contributed by atoms with Crippen LogP contribution in [-0.2, 0) is 6.18 Å². The maximum Gasteiger partial charge on any atom is 0.417 e. The lowest BCUT2D eigenvalue weighted by atomic mass is 9.99. The van der Waals surface area contributed by atoms with Gasteiger partial charge >= 0.3 is 12.4 Å². The fraction of sp³-hybridized carbons (Fsp3) is 0.400. The Labute approximate surface area is 108 Å². The van der Waals surface area contributed by atoms with Crippen molar-refractivity contribution in [1.29, 1.82) is 0 Å². The summed E-state index contributed by atoms with van der Waals surface area (Å²) in [5, 5.41) is 8.24. The molecule has 108 valence electrons. The number of nitrogens with two attached hydrogens (primary N) is 1. The van der Waals surface area contributed by atoms with Gasteiger partial charge in [-0.2, -0.15) is 26.3 Å². The highest BCUT2D eigenvalue weighted by atomic mass is 35.5. The van der Waals surface area contributed by atoms with Crippen LogP contribution in [0.4, 0.5) is 26.3 Å². The van der Waals surface area contributed by atoms with Gasteiger partial charge in [0.25, 0.3) is 0 Å². The topological polar surface area (TPSA) is 46.2 Å². The van der Waals surface area contributed by atoms with Crippen molar-refractivity contribution in [2.24, 2.45) is 5.73 Å². The van der Waals surface area contributed by atoms with E-state index in [9.17, 15) is 26.3 Å². The number of halogens is 7. The molecule has 0 aliphatic rings. The molecule has 19 heavy (non-hydrogen) atoms. The minimum absolute atomic E-state index is 0.391. The molecule has 0 fully saturated rings. The van der Waals surface area contributed by atoms with E-state index in [0.29, 0.717) is 6.07 Å². The SMILES string of the molecule is N[C@@H](c1ccc(Cl)c(C(F)(F)F)c1)[C@H](O)C(F)(F)F. The molecule has 9 heteroatoms. The molecule has 3 N–H and O–H groups in total. The summed E-state index contributed by atoms with van der Waals surface area (Å²) in [4.78, 5) is 0. The van der Waals surface area contributed by atoms with Crippen molar-refractivity contribution in [2.45, 2.75) is 24.5 Å². The third-order valence-corrected chi connectivity index (χ3v) is 2.69. The molecule has 0 amide bonds. The van der Waals surface area contributed by atoms with Crippen molar-refractivity contribution in [3.05, 3.63) is 34.3 Å². The molecule has 2 nitrogen and oxygen atoms in total. The van der Waals surface area contributed by atoms with Gasteiger partial charge < -0.3 is 10.8 Å². The number of aliphatic hydroxyl groups excluding tert-OH is 1. The third kappa shape index (κ3) is 3.74. The highest BCUT2D eigenvalue weighted by Crippen LogP contribution is 2.37. The van der Waals surface area contributed by atoms with Crippen LogP contribution in [0.15, 0.2) is 18.2 Å². The molecule has 0 bridgehead atoms. The molecule has 0 heterocycles. The van der Waals surface area contributed by atoms with Gasteiger partial charge in [0.05, 0.1) is 16.6 Å². The fourth-order valence-electron chi connectivity index (χ4n) is 1.35. The maximum atomic E-state index is 12.5. The van der Waals surface area contributed by atoms with E-state index >= 15 is 0 Å². The van der Waals surface area contributed by atoms with E-state index in [1.165, 1.54) is 0 Å². The Hall–Kier alpha value is -0.990. The maximum absolute atomic E-state index is 12.5. The average molecular weight is 308 g/mol. The first-order valence-corrected chi connectivity index (χ1v) is 5.19. The monoisotopic (exact) mass is 307 g/mol. The summed E-state index contributed by atoms with van der Waals surface area (Å²) in [7, 11) is 0. The second-order valence-electron chi connectivity index (χ2n) is 3.75. The van der Waals surface area contributed by atoms with Crippen molar-refractivity contribution in [1.82, 2.24) is 0 Å². The van der Waals surface area contributed by atoms with E-state index in [2.05, 4.69) is 0 Å². The first-order valence-electron chi connectivity index (χ1n) is 4.81. The summed E-state index contributed by atoms with van der Waals surface area (Å²) in [6, 6.07) is 0.0420. The fourth-order valence-corrected chi connectivity index (χ4v) is 1.58. The van der Waals surface area contributed by atoms with Crippen LogP contribution < -0.4 is 5.73 Å². The summed E-state index contributed by atoms with van der Waals surface area (Å²) in [5.74, 6) is 0. The molecule has 0 radical (unpaired) electrons. The van der Waals surface area contributed by atoms with Gasteiger partial charge in [0, 0.05) is 0 Å². The van der Waals surface area contributed by atoms with Crippen molar-refractivity contribution in [3.63, 3.8) is 0 Å². The molecule has 2 atom stereocenters. The lowest BCUT2D eigenvalue weighted by Gasteiger charge is -2.22. The molecule has 1 rings (SSSR count). The van der Waals surface area contributed by atoms with Crippen LogP contribution in [-0.4, -0.2) is 17.4 Å². The van der Waals surface area contributed by atoms with E-state index in [1.54, 1.807) is 0 Å². The standard InChI is InChI=1S/C10H8ClF6NO/c11-6-2-1-4(3-5(6)9(12,13)14)7(18)8(19)10(15,16)17/h1-3,7-8,19H,18H2/t7-,8-/m0/s1. The van der Waals surface area contributed by atoms with Crippen LogP contribution in [0.25, 0.3) is 0 Å². The largest absolute Gasteiger partial charge is 0.417 e. The van der Waals surface area contributed by atoms with Gasteiger partial charge in [-0.25, -0.2) is 0 Å². The molecule has 0 aromatic heterocycles. The number of benzene rings is 1. The summed E-state index contributed by atoms with van der Waals surface area (Å²) in [6.07, 6.45) is -12.8. The molecular weight excluding hydrogens is 300 g/mol. The van der Waals surface area contributed by atoms with Gasteiger partial charge in [-0.1, -0.05) is 17.7 Å². The van der Waals surface area contributed by atoms with Gasteiger partial charge in [0.1, 0.15) is 0 Å². The van der Waals surface area contributed by atoms with Crippen LogP contribution >= 0.6 is 11.6 Å². The molecule has 1 aromatic carbocycles. The smallest absolute Gasteiger partial charge is 0.382 e. The van der Waals surface area contributed by atoms with Gasteiger partial charge in [-0.05, 0) is 17.7 Å². The number of alkyl halides is 6. The highest BCUT2D eigenvalue weighted by Gasteiger charge is 2.43. The minimum Gasteiger partial charge on any atom is -0.382 e. The lowest BCUT2D eigenvalue weighted by molar-refractivity contribution is -0.210. The normalized spacial score (nSPS) is 16.3. The molecule has 0 aliphatic heterocycles. The lowest BCUT2D eigenvalue weighted by Crippen LogP contribution is -2.38. The van der Waals surface area contributed by atoms with E-state index in [1.807, 2.05) is 0 Å². The Morgan fingerprint density at radius 1 is 1.11 bits per heavy atom. The number of rotatable bonds is 2. The van der Waals surface area contributed by atoms with Crippen molar-refractivity contribution < 1.29 is 31.4 Å². The van der Waals surface area contributed by atoms with Crippen LogP contribution in [0.1, 0.15) is 17.2 Å². The van der Waals surface area contributed by atoms with Crippen molar-refractivity contribution >= 4 is 11.6 Å². The first-order chi connectivity index (χ1) is 8.44. The molecule has 0 saturated heterocycles. The number of aliphatic hydroxyl groups is 1. The second kappa shape index (κ2) is 5.18. The Kier molecular flexibility index (Phi) is 4.38. The Bertz CT molecular complexity index is 458. The zero-order valence-electron chi connectivity index (χ0n) is 9.06. The van der Waals surface area contributed by atoms with E-state index < -0.39 is 40.6 Å². The highest BCUT2D eigenvalue weighted by molar-refractivity contribution is 6.31. The van der Waals surface area contributed by atoms with Crippen LogP contribution in [0.3, 0.4) is 0 Å². The van der Waals surface area contributed by atoms with Gasteiger partial charge in [0.2, 0.25) is 0 Å². The average Bonchev–Trinajstić information content (AvgIpc) is 2.25. The van der Waals surface area contributed by atoms with Crippen LogP contribution in [0, 0.1) is 0 Å². The van der Waals surface area contributed by atoms with E-state index in [0.717, 1.165) is 12.1 Å². The van der Waals surface area contributed by atoms with E-state index in [-0.39, 0.29) is 0 Å². The van der Waals surface area contributed by atoms with Crippen LogP contribution in [0.2, 0.25) is 5.02 Å². The predicted octanol–water partition coefficient (Wildman–Crippen LogP) is 3.28. The zero-order chi connectivity index (χ0) is 15.0. The number of hydrogen-bond acceptors (Lipinski definition) is 2. The molecule has 1 aromatic rings. The molecule has 0 unspecified atom stereocenters. The molecule has 0 aliphatic carbocycles. The van der Waals surface area contributed by atoms with E-state index in [4.69, 9.17) is 22.4 Å².